The van der Waals surface area contributed by atoms with E-state index in [0.29, 0.717) is 6.07 Å². The first kappa shape index (κ1) is 12.7. The normalized spacial score (nSPS) is 10.2. The Morgan fingerprint density at radius 2 is 1.68 bits per heavy atom. The van der Waals surface area contributed by atoms with Crippen molar-refractivity contribution in [3.8, 4) is 0 Å². The molecule has 0 aliphatic heterocycles. The Bertz CT molecular complexity index is 674. The Hall–Kier alpha value is -2.70. The fraction of sp³-hybridized carbons (Fsp3) is 0. The SMILES string of the molecule is O=C(O)c1nccnc1C(=O)c1cc(F)ccc1F. The number of carbonyl (C=O) groups excluding carboxylic acids is 1. The molecule has 1 aromatic heterocycles. The number of carboxylic acids is 1. The van der Waals surface area contributed by atoms with Gasteiger partial charge in [0.25, 0.3) is 0 Å². The van der Waals surface area contributed by atoms with Crippen molar-refractivity contribution in [2.75, 3.05) is 0 Å². The second kappa shape index (κ2) is 4.89. The number of aromatic nitrogens is 2. The molecule has 0 aliphatic rings. The lowest BCUT2D eigenvalue weighted by molar-refractivity contribution is 0.0685. The smallest absolute Gasteiger partial charge is 0.356 e. The van der Waals surface area contributed by atoms with Crippen molar-refractivity contribution in [3.05, 3.63) is 59.2 Å². The van der Waals surface area contributed by atoms with E-state index in [2.05, 4.69) is 9.97 Å². The number of aromatic carboxylic acids is 1. The molecule has 0 atom stereocenters. The number of ketones is 1. The molecule has 2 rings (SSSR count). The van der Waals surface area contributed by atoms with Gasteiger partial charge < -0.3 is 5.11 Å². The molecule has 5 nitrogen and oxygen atoms in total. The molecule has 0 unspecified atom stereocenters. The lowest BCUT2D eigenvalue weighted by atomic mass is 10.1. The van der Waals surface area contributed by atoms with Gasteiger partial charge >= 0.3 is 5.97 Å². The molecular formula is C12H6F2N2O3. The van der Waals surface area contributed by atoms with E-state index in [1.165, 1.54) is 0 Å². The summed E-state index contributed by atoms with van der Waals surface area (Å²) in [5.41, 5.74) is -1.75. The summed E-state index contributed by atoms with van der Waals surface area (Å²) in [7, 11) is 0. The summed E-state index contributed by atoms with van der Waals surface area (Å²) in [6.45, 7) is 0. The molecule has 2 aromatic rings. The maximum absolute atomic E-state index is 13.5. The van der Waals surface area contributed by atoms with Crippen LogP contribution in [-0.4, -0.2) is 26.8 Å². The summed E-state index contributed by atoms with van der Waals surface area (Å²) in [6.07, 6.45) is 2.18. The van der Waals surface area contributed by atoms with Crippen LogP contribution in [0.1, 0.15) is 26.5 Å². The zero-order valence-electron chi connectivity index (χ0n) is 9.30. The molecule has 0 aliphatic carbocycles. The van der Waals surface area contributed by atoms with Gasteiger partial charge in [-0.15, -0.1) is 0 Å². The number of hydrogen-bond donors (Lipinski definition) is 1. The summed E-state index contributed by atoms with van der Waals surface area (Å²) in [5, 5.41) is 8.86. The summed E-state index contributed by atoms with van der Waals surface area (Å²) >= 11 is 0. The maximum Gasteiger partial charge on any atom is 0.356 e. The van der Waals surface area contributed by atoms with Gasteiger partial charge in [0.2, 0.25) is 5.78 Å². The van der Waals surface area contributed by atoms with Gasteiger partial charge in [-0.05, 0) is 18.2 Å². The van der Waals surface area contributed by atoms with Crippen LogP contribution in [0.3, 0.4) is 0 Å². The van der Waals surface area contributed by atoms with Gasteiger partial charge in [0, 0.05) is 12.4 Å². The number of nitrogens with zero attached hydrogens (tertiary/aromatic N) is 2. The highest BCUT2D eigenvalue weighted by Gasteiger charge is 2.23. The molecule has 19 heavy (non-hydrogen) atoms. The van der Waals surface area contributed by atoms with Crippen LogP contribution in [0.2, 0.25) is 0 Å². The Morgan fingerprint density at radius 3 is 2.32 bits per heavy atom. The Morgan fingerprint density at radius 1 is 1.05 bits per heavy atom. The standard InChI is InChI=1S/C12H6F2N2O3/c13-6-1-2-8(14)7(5-6)11(17)9-10(12(18)19)16-4-3-15-9/h1-5H,(H,18,19). The van der Waals surface area contributed by atoms with Gasteiger partial charge in [-0.2, -0.15) is 0 Å². The molecule has 1 aromatic carbocycles. The molecule has 0 amide bonds. The van der Waals surface area contributed by atoms with Crippen LogP contribution in [0, 0.1) is 11.6 Å². The Balaban J connectivity index is 2.56. The fourth-order valence-electron chi connectivity index (χ4n) is 1.46. The van der Waals surface area contributed by atoms with Gasteiger partial charge in [0.15, 0.2) is 5.69 Å². The minimum absolute atomic E-state index is 0.542. The molecule has 0 radical (unpaired) electrons. The average Bonchev–Trinajstić information content (AvgIpc) is 2.40. The molecule has 7 heteroatoms. The van der Waals surface area contributed by atoms with Gasteiger partial charge in [-0.25, -0.2) is 23.5 Å². The molecule has 96 valence electrons. The highest BCUT2D eigenvalue weighted by molar-refractivity contribution is 6.12. The number of carboxylic acid groups (broad SMARTS) is 1. The summed E-state index contributed by atoms with van der Waals surface area (Å²) < 4.78 is 26.5. The number of hydrogen-bond acceptors (Lipinski definition) is 4. The van der Waals surface area contributed by atoms with E-state index in [9.17, 15) is 18.4 Å². The minimum atomic E-state index is -1.48. The van der Waals surface area contributed by atoms with Crippen molar-refractivity contribution in [2.45, 2.75) is 0 Å². The maximum atomic E-state index is 13.5. The zero-order chi connectivity index (χ0) is 14.0. The van der Waals surface area contributed by atoms with E-state index in [-0.39, 0.29) is 0 Å². The summed E-state index contributed by atoms with van der Waals surface area (Å²) in [5.74, 6) is -4.30. The van der Waals surface area contributed by atoms with Crippen LogP contribution < -0.4 is 0 Å². The molecule has 0 bridgehead atoms. The van der Waals surface area contributed by atoms with E-state index < -0.39 is 40.3 Å². The fourth-order valence-corrected chi connectivity index (χ4v) is 1.46. The van der Waals surface area contributed by atoms with Gasteiger partial charge in [-0.1, -0.05) is 0 Å². The van der Waals surface area contributed by atoms with Crippen LogP contribution in [0.5, 0.6) is 0 Å². The number of halogens is 2. The highest BCUT2D eigenvalue weighted by Crippen LogP contribution is 2.15. The molecule has 1 N–H and O–H groups in total. The van der Waals surface area contributed by atoms with Crippen LogP contribution in [0.4, 0.5) is 8.78 Å². The molecule has 0 fully saturated rings. The average molecular weight is 264 g/mol. The van der Waals surface area contributed by atoms with Crippen LogP contribution in [-0.2, 0) is 0 Å². The lowest BCUT2D eigenvalue weighted by Crippen LogP contribution is -2.15. The van der Waals surface area contributed by atoms with Crippen molar-refractivity contribution in [3.63, 3.8) is 0 Å². The largest absolute Gasteiger partial charge is 0.476 e. The third-order valence-corrected chi connectivity index (χ3v) is 2.29. The minimum Gasteiger partial charge on any atom is -0.476 e. The van der Waals surface area contributed by atoms with Crippen LogP contribution in [0.25, 0.3) is 0 Å². The molecule has 1 heterocycles. The van der Waals surface area contributed by atoms with E-state index in [0.717, 1.165) is 24.5 Å². The molecule has 0 spiro atoms. The number of carbonyl (C=O) groups is 2. The lowest BCUT2D eigenvalue weighted by Gasteiger charge is -2.04. The first-order valence-corrected chi connectivity index (χ1v) is 5.04. The van der Waals surface area contributed by atoms with Crippen molar-refractivity contribution < 1.29 is 23.5 Å². The summed E-state index contributed by atoms with van der Waals surface area (Å²) in [6, 6.07) is 2.30. The first-order valence-electron chi connectivity index (χ1n) is 5.04. The topological polar surface area (TPSA) is 80.2 Å². The molecule has 0 saturated heterocycles. The van der Waals surface area contributed by atoms with Gasteiger partial charge in [0.05, 0.1) is 5.56 Å². The summed E-state index contributed by atoms with van der Waals surface area (Å²) in [4.78, 5) is 29.9. The Labute approximate surface area is 105 Å². The Kier molecular flexibility index (Phi) is 3.28. The predicted octanol–water partition coefficient (Wildman–Crippen LogP) is 1.68. The van der Waals surface area contributed by atoms with Crippen molar-refractivity contribution in [1.29, 1.82) is 0 Å². The zero-order valence-corrected chi connectivity index (χ0v) is 9.30. The monoisotopic (exact) mass is 264 g/mol. The predicted molar refractivity (Wildman–Crippen MR) is 58.8 cm³/mol. The van der Waals surface area contributed by atoms with Crippen LogP contribution in [0.15, 0.2) is 30.6 Å². The second-order valence-corrected chi connectivity index (χ2v) is 3.51. The van der Waals surface area contributed by atoms with Crippen molar-refractivity contribution in [1.82, 2.24) is 9.97 Å². The highest BCUT2D eigenvalue weighted by atomic mass is 19.1. The van der Waals surface area contributed by atoms with Crippen molar-refractivity contribution in [2.24, 2.45) is 0 Å². The van der Waals surface area contributed by atoms with E-state index in [1.54, 1.807) is 0 Å². The van der Waals surface area contributed by atoms with Crippen molar-refractivity contribution >= 4 is 11.8 Å². The quantitative estimate of drug-likeness (QED) is 0.853. The van der Waals surface area contributed by atoms with E-state index in [1.807, 2.05) is 0 Å². The second-order valence-electron chi connectivity index (χ2n) is 3.51. The number of benzene rings is 1. The third kappa shape index (κ3) is 2.44. The molecular weight excluding hydrogens is 258 g/mol. The van der Waals surface area contributed by atoms with Gasteiger partial charge in [0.1, 0.15) is 17.3 Å². The van der Waals surface area contributed by atoms with E-state index >= 15 is 0 Å². The van der Waals surface area contributed by atoms with E-state index in [4.69, 9.17) is 5.11 Å². The molecule has 0 saturated carbocycles. The number of rotatable bonds is 3. The third-order valence-electron chi connectivity index (χ3n) is 2.29. The van der Waals surface area contributed by atoms with Crippen LogP contribution >= 0.6 is 0 Å². The van der Waals surface area contributed by atoms with Gasteiger partial charge in [-0.3, -0.25) is 4.79 Å². The first-order chi connectivity index (χ1) is 9.00.